The Morgan fingerprint density at radius 2 is 2.00 bits per heavy atom. The number of aromatic nitrogens is 2. The van der Waals surface area contributed by atoms with Crippen LogP contribution in [0.3, 0.4) is 0 Å². The number of likely N-dealkylation sites (tertiary alicyclic amines) is 1. The molecule has 1 aliphatic heterocycles. The summed E-state index contributed by atoms with van der Waals surface area (Å²) in [7, 11) is 0. The maximum atomic E-state index is 13.2. The van der Waals surface area contributed by atoms with E-state index in [1.807, 2.05) is 18.7 Å². The van der Waals surface area contributed by atoms with Gasteiger partial charge >= 0.3 is 6.18 Å². The van der Waals surface area contributed by atoms with Gasteiger partial charge in [-0.2, -0.15) is 13.2 Å². The second-order valence-corrected chi connectivity index (χ2v) is 7.56. The Bertz CT molecular complexity index is 786. The third kappa shape index (κ3) is 4.63. The molecule has 0 aromatic carbocycles. The first kappa shape index (κ1) is 19.7. The van der Waals surface area contributed by atoms with E-state index in [0.29, 0.717) is 0 Å². The SMILES string of the molecule is C[C@@H]1CCC[C@@H](C)N1C(=O)CSc1nc(-c2ccco2)cc(C(F)(F)F)n1. The molecular formula is C18H20F3N3O2S. The van der Waals surface area contributed by atoms with Crippen LogP contribution in [0.2, 0.25) is 0 Å². The fourth-order valence-corrected chi connectivity index (χ4v) is 4.03. The minimum absolute atomic E-state index is 0.00636. The van der Waals surface area contributed by atoms with Crippen molar-refractivity contribution >= 4 is 17.7 Å². The number of furan rings is 1. The van der Waals surface area contributed by atoms with E-state index < -0.39 is 11.9 Å². The molecular weight excluding hydrogens is 379 g/mol. The summed E-state index contributed by atoms with van der Waals surface area (Å²) >= 11 is 0.913. The van der Waals surface area contributed by atoms with Crippen LogP contribution in [-0.2, 0) is 11.0 Å². The van der Waals surface area contributed by atoms with Crippen LogP contribution in [0, 0.1) is 0 Å². The van der Waals surface area contributed by atoms with E-state index >= 15 is 0 Å². The highest BCUT2D eigenvalue weighted by Crippen LogP contribution is 2.32. The summed E-state index contributed by atoms with van der Waals surface area (Å²) in [6.07, 6.45) is -0.310. The first-order chi connectivity index (χ1) is 12.8. The van der Waals surface area contributed by atoms with Crippen LogP contribution in [0.15, 0.2) is 34.0 Å². The van der Waals surface area contributed by atoms with Crippen LogP contribution < -0.4 is 0 Å². The van der Waals surface area contributed by atoms with Gasteiger partial charge in [0.25, 0.3) is 0 Å². The lowest BCUT2D eigenvalue weighted by Gasteiger charge is -2.39. The normalized spacial score (nSPS) is 20.7. The lowest BCUT2D eigenvalue weighted by molar-refractivity contribution is -0.141. The summed E-state index contributed by atoms with van der Waals surface area (Å²) in [5.41, 5.74) is -1.02. The van der Waals surface area contributed by atoms with E-state index in [9.17, 15) is 18.0 Å². The summed E-state index contributed by atoms with van der Waals surface area (Å²) in [6, 6.07) is 4.20. The number of amides is 1. The van der Waals surface area contributed by atoms with Crippen molar-refractivity contribution in [3.8, 4) is 11.5 Å². The molecule has 27 heavy (non-hydrogen) atoms. The Hall–Kier alpha value is -2.03. The molecule has 0 unspecified atom stereocenters. The highest BCUT2D eigenvalue weighted by molar-refractivity contribution is 7.99. The van der Waals surface area contributed by atoms with Crippen molar-refractivity contribution in [2.75, 3.05) is 5.75 Å². The number of hydrogen-bond acceptors (Lipinski definition) is 5. The van der Waals surface area contributed by atoms with Crippen molar-refractivity contribution in [1.82, 2.24) is 14.9 Å². The number of piperidine rings is 1. The predicted octanol–water partition coefficient (Wildman–Crippen LogP) is 4.64. The van der Waals surface area contributed by atoms with Gasteiger partial charge in [0.2, 0.25) is 5.91 Å². The average Bonchev–Trinajstić information content (AvgIpc) is 3.13. The molecule has 1 saturated heterocycles. The molecule has 9 heteroatoms. The van der Waals surface area contributed by atoms with Gasteiger partial charge in [0.05, 0.1) is 12.0 Å². The van der Waals surface area contributed by atoms with E-state index in [1.165, 1.54) is 12.3 Å². The third-order valence-electron chi connectivity index (χ3n) is 4.58. The number of carbonyl (C=O) groups excluding carboxylic acids is 1. The van der Waals surface area contributed by atoms with Gasteiger partial charge in [-0.15, -0.1) is 0 Å². The molecule has 0 spiro atoms. The van der Waals surface area contributed by atoms with E-state index in [4.69, 9.17) is 4.42 Å². The van der Waals surface area contributed by atoms with Gasteiger partial charge in [-0.05, 0) is 51.3 Å². The fraction of sp³-hybridized carbons (Fsp3) is 0.500. The van der Waals surface area contributed by atoms with Crippen molar-refractivity contribution in [3.63, 3.8) is 0 Å². The van der Waals surface area contributed by atoms with Crippen molar-refractivity contribution in [3.05, 3.63) is 30.2 Å². The zero-order valence-electron chi connectivity index (χ0n) is 15.0. The Morgan fingerprint density at radius 3 is 2.59 bits per heavy atom. The molecule has 0 radical (unpaired) electrons. The summed E-state index contributed by atoms with van der Waals surface area (Å²) < 4.78 is 44.7. The molecule has 0 bridgehead atoms. The second-order valence-electron chi connectivity index (χ2n) is 6.61. The molecule has 1 fully saturated rings. The van der Waals surface area contributed by atoms with Crippen molar-refractivity contribution < 1.29 is 22.4 Å². The van der Waals surface area contributed by atoms with Crippen molar-refractivity contribution in [1.29, 1.82) is 0 Å². The molecule has 146 valence electrons. The standard InChI is InChI=1S/C18H20F3N3O2S/c1-11-5-3-6-12(2)24(11)16(25)10-27-17-22-13(14-7-4-8-26-14)9-15(23-17)18(19,20)21/h4,7-9,11-12H,3,5-6,10H2,1-2H3/t11-,12-/m1/s1. The van der Waals surface area contributed by atoms with Crippen LogP contribution in [0.25, 0.3) is 11.5 Å². The zero-order valence-corrected chi connectivity index (χ0v) is 15.8. The van der Waals surface area contributed by atoms with E-state index in [0.717, 1.165) is 37.1 Å². The van der Waals surface area contributed by atoms with Crippen LogP contribution in [-0.4, -0.2) is 38.6 Å². The summed E-state index contributed by atoms with van der Waals surface area (Å²) in [5, 5.41) is -0.0955. The van der Waals surface area contributed by atoms with Gasteiger partial charge in [0.1, 0.15) is 11.4 Å². The van der Waals surface area contributed by atoms with Crippen LogP contribution in [0.4, 0.5) is 13.2 Å². The Labute approximate surface area is 159 Å². The maximum Gasteiger partial charge on any atom is 0.433 e. The predicted molar refractivity (Wildman–Crippen MR) is 95.1 cm³/mol. The molecule has 3 rings (SSSR count). The van der Waals surface area contributed by atoms with Crippen molar-refractivity contribution in [2.24, 2.45) is 0 Å². The number of carbonyl (C=O) groups is 1. The minimum atomic E-state index is -4.61. The summed E-state index contributed by atoms with van der Waals surface area (Å²) in [5.74, 6) is 0.0998. The monoisotopic (exact) mass is 399 g/mol. The summed E-state index contributed by atoms with van der Waals surface area (Å²) in [6.45, 7) is 3.99. The third-order valence-corrected chi connectivity index (χ3v) is 5.41. The number of nitrogens with zero attached hydrogens (tertiary/aromatic N) is 3. The molecule has 0 aliphatic carbocycles. The molecule has 1 aliphatic rings. The second kappa shape index (κ2) is 7.92. The topological polar surface area (TPSA) is 59.2 Å². The van der Waals surface area contributed by atoms with Gasteiger partial charge in [-0.1, -0.05) is 11.8 Å². The van der Waals surface area contributed by atoms with Gasteiger partial charge in [-0.3, -0.25) is 4.79 Å². The number of hydrogen-bond donors (Lipinski definition) is 0. The summed E-state index contributed by atoms with van der Waals surface area (Å²) in [4.78, 5) is 22.1. The molecule has 2 aromatic heterocycles. The van der Waals surface area contributed by atoms with Crippen molar-refractivity contribution in [2.45, 2.75) is 56.5 Å². The lowest BCUT2D eigenvalue weighted by Crippen LogP contribution is -2.48. The Balaban J connectivity index is 1.79. The molecule has 3 heterocycles. The lowest BCUT2D eigenvalue weighted by atomic mass is 9.98. The highest BCUT2D eigenvalue weighted by atomic mass is 32.2. The van der Waals surface area contributed by atoms with Crippen LogP contribution >= 0.6 is 11.8 Å². The van der Waals surface area contributed by atoms with E-state index in [1.54, 1.807) is 6.07 Å². The Morgan fingerprint density at radius 1 is 1.30 bits per heavy atom. The quantitative estimate of drug-likeness (QED) is 0.554. The van der Waals surface area contributed by atoms with Gasteiger partial charge in [0.15, 0.2) is 10.9 Å². The van der Waals surface area contributed by atoms with E-state index in [2.05, 4.69) is 9.97 Å². The number of halogens is 3. The molecule has 1 amide bonds. The van der Waals surface area contributed by atoms with Crippen LogP contribution in [0.5, 0.6) is 0 Å². The molecule has 2 atom stereocenters. The zero-order chi connectivity index (χ0) is 19.6. The molecule has 2 aromatic rings. The van der Waals surface area contributed by atoms with Gasteiger partial charge in [-0.25, -0.2) is 9.97 Å². The number of rotatable bonds is 4. The minimum Gasteiger partial charge on any atom is -0.463 e. The molecule has 0 saturated carbocycles. The number of thioether (sulfide) groups is 1. The average molecular weight is 399 g/mol. The Kier molecular flexibility index (Phi) is 5.78. The largest absolute Gasteiger partial charge is 0.463 e. The van der Waals surface area contributed by atoms with E-state index in [-0.39, 0.29) is 40.4 Å². The van der Waals surface area contributed by atoms with Crippen LogP contribution in [0.1, 0.15) is 38.8 Å². The smallest absolute Gasteiger partial charge is 0.433 e. The highest BCUT2D eigenvalue weighted by Gasteiger charge is 2.34. The molecule has 5 nitrogen and oxygen atoms in total. The maximum absolute atomic E-state index is 13.2. The van der Waals surface area contributed by atoms with Gasteiger partial charge in [0, 0.05) is 12.1 Å². The number of alkyl halides is 3. The first-order valence-corrected chi connectivity index (χ1v) is 9.68. The fourth-order valence-electron chi connectivity index (χ4n) is 3.30. The molecule has 0 N–H and O–H groups in total. The first-order valence-electron chi connectivity index (χ1n) is 8.70. The van der Waals surface area contributed by atoms with Gasteiger partial charge < -0.3 is 9.32 Å².